The third-order valence-electron chi connectivity index (χ3n) is 2.82. The normalized spacial score (nSPS) is 22.5. The van der Waals surface area contributed by atoms with Crippen LogP contribution in [-0.2, 0) is 9.53 Å². The van der Waals surface area contributed by atoms with E-state index in [1.54, 1.807) is 0 Å². The fourth-order valence-corrected chi connectivity index (χ4v) is 2.68. The van der Waals surface area contributed by atoms with Gasteiger partial charge in [0.1, 0.15) is 0 Å². The van der Waals surface area contributed by atoms with Gasteiger partial charge in [-0.2, -0.15) is 0 Å². The fourth-order valence-electron chi connectivity index (χ4n) is 2.49. The molecule has 0 aromatic rings. The first-order valence-corrected chi connectivity index (χ1v) is 6.83. The first-order chi connectivity index (χ1) is 7.76. The lowest BCUT2D eigenvalue weighted by Crippen LogP contribution is -2.58. The Bertz CT molecular complexity index is 261. The second-order valence-electron chi connectivity index (χ2n) is 6.02. The number of carbonyl (C=O) groups excluding carboxylic acids is 1. The highest BCUT2D eigenvalue weighted by atomic mass is 35.5. The summed E-state index contributed by atoms with van der Waals surface area (Å²) in [4.78, 5) is 14.0. The molecule has 1 amide bonds. The van der Waals surface area contributed by atoms with Crippen molar-refractivity contribution in [3.8, 4) is 0 Å². The van der Waals surface area contributed by atoms with Crippen LogP contribution in [0.1, 0.15) is 47.0 Å². The van der Waals surface area contributed by atoms with E-state index in [1.807, 2.05) is 32.6 Å². The van der Waals surface area contributed by atoms with E-state index < -0.39 is 0 Å². The molecule has 1 rings (SSSR count). The molecule has 1 saturated heterocycles. The number of morpholine rings is 1. The minimum atomic E-state index is -0.260. The molecule has 0 spiro atoms. The van der Waals surface area contributed by atoms with Crippen LogP contribution in [0.3, 0.4) is 0 Å². The summed E-state index contributed by atoms with van der Waals surface area (Å²) >= 11 is 5.62. The zero-order chi connectivity index (χ0) is 13.1. The topological polar surface area (TPSA) is 29.5 Å². The number of nitrogens with zero attached hydrogens (tertiary/aromatic N) is 1. The number of hydrogen-bond donors (Lipinski definition) is 0. The van der Waals surface area contributed by atoms with Gasteiger partial charge < -0.3 is 9.64 Å². The first-order valence-electron chi connectivity index (χ1n) is 6.30. The van der Waals surface area contributed by atoms with Crippen molar-refractivity contribution in [2.45, 2.75) is 58.2 Å². The predicted octanol–water partition coefficient (Wildman–Crippen LogP) is 2.81. The predicted molar refractivity (Wildman–Crippen MR) is 70.4 cm³/mol. The van der Waals surface area contributed by atoms with Crippen LogP contribution in [0, 0.1) is 0 Å². The Hall–Kier alpha value is -0.280. The monoisotopic (exact) mass is 261 g/mol. The van der Waals surface area contributed by atoms with E-state index in [1.165, 1.54) is 0 Å². The van der Waals surface area contributed by atoms with E-state index in [0.29, 0.717) is 25.4 Å². The first kappa shape index (κ1) is 14.8. The quantitative estimate of drug-likeness (QED) is 0.575. The molecule has 0 atom stereocenters. The zero-order valence-corrected chi connectivity index (χ0v) is 12.1. The smallest absolute Gasteiger partial charge is 0.222 e. The molecule has 0 N–H and O–H groups in total. The Labute approximate surface area is 109 Å². The second-order valence-corrected chi connectivity index (χ2v) is 6.40. The van der Waals surface area contributed by atoms with Crippen molar-refractivity contribution >= 4 is 17.5 Å². The maximum absolute atomic E-state index is 12.1. The lowest BCUT2D eigenvalue weighted by Gasteiger charge is -2.47. The van der Waals surface area contributed by atoms with Crippen LogP contribution in [0.15, 0.2) is 0 Å². The molecule has 1 aliphatic rings. The zero-order valence-electron chi connectivity index (χ0n) is 11.4. The average molecular weight is 262 g/mol. The summed E-state index contributed by atoms with van der Waals surface area (Å²) in [5, 5.41) is 0. The van der Waals surface area contributed by atoms with Gasteiger partial charge in [0, 0.05) is 25.4 Å². The molecule has 0 saturated carbocycles. The summed E-state index contributed by atoms with van der Waals surface area (Å²) in [5.41, 5.74) is -0.520. The number of halogens is 1. The molecule has 4 heteroatoms. The summed E-state index contributed by atoms with van der Waals surface area (Å²) in [5.74, 6) is 0.854. The number of unbranched alkanes of at least 4 members (excludes halogenated alkanes) is 1. The van der Waals surface area contributed by atoms with Crippen LogP contribution in [0.25, 0.3) is 0 Å². The number of amides is 1. The van der Waals surface area contributed by atoms with Crippen molar-refractivity contribution in [3.63, 3.8) is 0 Å². The molecule has 1 aliphatic heterocycles. The molecular weight excluding hydrogens is 238 g/mol. The lowest BCUT2D eigenvalue weighted by atomic mass is 9.98. The fraction of sp³-hybridized carbons (Fsp3) is 0.923. The second kappa shape index (κ2) is 5.57. The van der Waals surface area contributed by atoms with E-state index in [9.17, 15) is 4.79 Å². The molecule has 3 nitrogen and oxygen atoms in total. The van der Waals surface area contributed by atoms with E-state index in [0.717, 1.165) is 12.8 Å². The molecule has 1 heterocycles. The molecule has 0 radical (unpaired) electrons. The van der Waals surface area contributed by atoms with Crippen molar-refractivity contribution in [2.75, 3.05) is 19.0 Å². The number of ether oxygens (including phenoxy) is 1. The maximum Gasteiger partial charge on any atom is 0.222 e. The minimum absolute atomic E-state index is 0.222. The van der Waals surface area contributed by atoms with E-state index in [-0.39, 0.29) is 17.1 Å². The van der Waals surface area contributed by atoms with Crippen molar-refractivity contribution < 1.29 is 9.53 Å². The molecule has 0 aromatic heterocycles. The molecule has 100 valence electrons. The average Bonchev–Trinajstić information content (AvgIpc) is 2.13. The maximum atomic E-state index is 12.1. The summed E-state index contributed by atoms with van der Waals surface area (Å²) in [6.45, 7) is 9.49. The van der Waals surface area contributed by atoms with Crippen molar-refractivity contribution in [1.82, 2.24) is 4.90 Å². The van der Waals surface area contributed by atoms with Gasteiger partial charge in [-0.25, -0.2) is 0 Å². The summed E-state index contributed by atoms with van der Waals surface area (Å²) in [7, 11) is 0. The molecule has 17 heavy (non-hydrogen) atoms. The SMILES string of the molecule is CC1(C)CN(C(=O)CCCCCl)CC(C)(C)O1. The van der Waals surface area contributed by atoms with Crippen molar-refractivity contribution in [2.24, 2.45) is 0 Å². The van der Waals surface area contributed by atoms with Crippen molar-refractivity contribution in [3.05, 3.63) is 0 Å². The van der Waals surface area contributed by atoms with Gasteiger partial charge >= 0.3 is 0 Å². The molecular formula is C13H24ClNO2. The minimum Gasteiger partial charge on any atom is -0.366 e. The van der Waals surface area contributed by atoms with Gasteiger partial charge in [0.2, 0.25) is 5.91 Å². The van der Waals surface area contributed by atoms with Gasteiger partial charge in [-0.3, -0.25) is 4.79 Å². The van der Waals surface area contributed by atoms with Crippen LogP contribution in [0.5, 0.6) is 0 Å². The van der Waals surface area contributed by atoms with Crippen LogP contribution >= 0.6 is 11.6 Å². The molecule has 0 bridgehead atoms. The number of rotatable bonds is 4. The Kier molecular flexibility index (Phi) is 4.85. The number of hydrogen-bond acceptors (Lipinski definition) is 2. The third kappa shape index (κ3) is 4.84. The van der Waals surface area contributed by atoms with Gasteiger partial charge in [-0.05, 0) is 40.5 Å². The number of carbonyl (C=O) groups is 1. The van der Waals surface area contributed by atoms with Crippen LogP contribution in [0.4, 0.5) is 0 Å². The standard InChI is InChI=1S/C13H24ClNO2/c1-12(2)9-15(10-13(3,4)17-12)11(16)7-5-6-8-14/h5-10H2,1-4H3. The molecule has 1 fully saturated rings. The lowest BCUT2D eigenvalue weighted by molar-refractivity contribution is -0.188. The van der Waals surface area contributed by atoms with Gasteiger partial charge in [0.15, 0.2) is 0 Å². The highest BCUT2D eigenvalue weighted by molar-refractivity contribution is 6.17. The largest absolute Gasteiger partial charge is 0.366 e. The molecule has 0 aliphatic carbocycles. The van der Waals surface area contributed by atoms with E-state index >= 15 is 0 Å². The summed E-state index contributed by atoms with van der Waals surface area (Å²) in [6, 6.07) is 0. The van der Waals surface area contributed by atoms with Gasteiger partial charge in [-0.1, -0.05) is 0 Å². The highest BCUT2D eigenvalue weighted by Gasteiger charge is 2.39. The molecule has 0 aromatic carbocycles. The van der Waals surface area contributed by atoms with Crippen LogP contribution in [0.2, 0.25) is 0 Å². The van der Waals surface area contributed by atoms with Crippen LogP contribution < -0.4 is 0 Å². The number of alkyl halides is 1. The summed E-state index contributed by atoms with van der Waals surface area (Å²) in [6.07, 6.45) is 2.38. The van der Waals surface area contributed by atoms with Crippen LogP contribution in [-0.4, -0.2) is 41.0 Å². The van der Waals surface area contributed by atoms with Gasteiger partial charge in [0.25, 0.3) is 0 Å². The Morgan fingerprint density at radius 2 is 1.71 bits per heavy atom. The van der Waals surface area contributed by atoms with E-state index in [4.69, 9.17) is 16.3 Å². The Morgan fingerprint density at radius 1 is 1.18 bits per heavy atom. The van der Waals surface area contributed by atoms with Gasteiger partial charge in [-0.15, -0.1) is 11.6 Å². The Balaban J connectivity index is 2.55. The molecule has 0 unspecified atom stereocenters. The highest BCUT2D eigenvalue weighted by Crippen LogP contribution is 2.28. The summed E-state index contributed by atoms with van der Waals surface area (Å²) < 4.78 is 5.95. The van der Waals surface area contributed by atoms with Crippen molar-refractivity contribution in [1.29, 1.82) is 0 Å². The third-order valence-corrected chi connectivity index (χ3v) is 3.09. The van der Waals surface area contributed by atoms with E-state index in [2.05, 4.69) is 0 Å². The Morgan fingerprint density at radius 3 is 2.18 bits per heavy atom. The van der Waals surface area contributed by atoms with Gasteiger partial charge in [0.05, 0.1) is 11.2 Å².